The normalized spacial score (nSPS) is 11.4. The molecule has 0 aliphatic rings. The highest BCUT2D eigenvalue weighted by atomic mass is 19.3. The van der Waals surface area contributed by atoms with Crippen LogP contribution >= 0.6 is 0 Å². The van der Waals surface area contributed by atoms with Crippen LogP contribution in [-0.2, 0) is 9.53 Å². The first-order valence-corrected chi connectivity index (χ1v) is 5.76. The molecule has 0 aromatic rings. The molecular weight excluding hydrogens is 238 g/mol. The Hall–Kier alpha value is -1.45. The van der Waals surface area contributed by atoms with Gasteiger partial charge in [-0.15, -0.1) is 0 Å². The van der Waals surface area contributed by atoms with E-state index in [2.05, 4.69) is 11.3 Å². The second-order valence-corrected chi connectivity index (χ2v) is 3.84. The van der Waals surface area contributed by atoms with E-state index in [0.717, 1.165) is 0 Å². The van der Waals surface area contributed by atoms with Gasteiger partial charge < -0.3 is 4.74 Å². The van der Waals surface area contributed by atoms with Gasteiger partial charge in [0.1, 0.15) is 5.76 Å². The van der Waals surface area contributed by atoms with Crippen LogP contribution in [0.15, 0.2) is 36.6 Å². The summed E-state index contributed by atoms with van der Waals surface area (Å²) in [4.78, 5) is 10.8. The second kappa shape index (κ2) is 12.0. The van der Waals surface area contributed by atoms with Crippen LogP contribution in [0.5, 0.6) is 0 Å². The number of allylic oxidation sites excluding steroid dienone is 4. The number of hydrogen-bond donors (Lipinski definition) is 0. The standard InChI is InChI=1S/C8H14O.C6H8F2O/c1-4-5-8(9)6-7(2)3;1-3-5(4-2)9-6(7)8/h4-5,7H,6H2,1-3H3;3-4,6H,1H2,2H3/b2*5-4+. The SMILES string of the molecule is C/C=C/C(=O)CC(C)C.C=C/C(=C\C)OC(F)F. The summed E-state index contributed by atoms with van der Waals surface area (Å²) in [6.45, 7) is 8.05. The number of halogens is 2. The maximum atomic E-state index is 11.3. The quantitative estimate of drug-likeness (QED) is 0.399. The summed E-state index contributed by atoms with van der Waals surface area (Å²) in [6, 6.07) is 0. The van der Waals surface area contributed by atoms with Crippen molar-refractivity contribution in [3.63, 3.8) is 0 Å². The van der Waals surface area contributed by atoms with Crippen molar-refractivity contribution in [1.82, 2.24) is 0 Å². The van der Waals surface area contributed by atoms with Gasteiger partial charge in [0.25, 0.3) is 0 Å². The zero-order valence-electron chi connectivity index (χ0n) is 11.5. The highest BCUT2D eigenvalue weighted by molar-refractivity contribution is 5.89. The average molecular weight is 260 g/mol. The summed E-state index contributed by atoms with van der Waals surface area (Å²) in [5.74, 6) is 0.811. The van der Waals surface area contributed by atoms with Crippen LogP contribution in [0.2, 0.25) is 0 Å². The molecule has 0 rings (SSSR count). The van der Waals surface area contributed by atoms with Crippen molar-refractivity contribution in [1.29, 1.82) is 0 Å². The molecule has 0 heterocycles. The molecule has 0 aliphatic carbocycles. The second-order valence-electron chi connectivity index (χ2n) is 3.84. The van der Waals surface area contributed by atoms with E-state index in [0.29, 0.717) is 12.3 Å². The van der Waals surface area contributed by atoms with Crippen LogP contribution < -0.4 is 0 Å². The van der Waals surface area contributed by atoms with Crippen LogP contribution in [0.25, 0.3) is 0 Å². The number of hydrogen-bond acceptors (Lipinski definition) is 2. The van der Waals surface area contributed by atoms with E-state index < -0.39 is 6.61 Å². The number of alkyl halides is 2. The lowest BCUT2D eigenvalue weighted by Crippen LogP contribution is -1.97. The Balaban J connectivity index is 0. The average Bonchev–Trinajstić information content (AvgIpc) is 2.25. The van der Waals surface area contributed by atoms with Gasteiger partial charge in [-0.05, 0) is 38.0 Å². The molecule has 0 atom stereocenters. The zero-order chi connectivity index (χ0) is 14.6. The molecule has 0 bridgehead atoms. The molecule has 18 heavy (non-hydrogen) atoms. The molecule has 4 heteroatoms. The molecular formula is C14H22F2O2. The largest absolute Gasteiger partial charge is 0.435 e. The van der Waals surface area contributed by atoms with Crippen molar-refractivity contribution in [2.45, 2.75) is 40.7 Å². The minimum Gasteiger partial charge on any atom is -0.435 e. The minimum absolute atomic E-state index is 0.102. The first-order valence-electron chi connectivity index (χ1n) is 5.76. The van der Waals surface area contributed by atoms with Crippen molar-refractivity contribution < 1.29 is 18.3 Å². The fourth-order valence-corrected chi connectivity index (χ4v) is 0.993. The molecule has 2 nitrogen and oxygen atoms in total. The molecule has 0 fully saturated rings. The fourth-order valence-electron chi connectivity index (χ4n) is 0.993. The third-order valence-electron chi connectivity index (χ3n) is 1.67. The number of rotatable bonds is 6. The summed E-state index contributed by atoms with van der Waals surface area (Å²) in [5, 5.41) is 0. The van der Waals surface area contributed by atoms with Gasteiger partial charge in [0.2, 0.25) is 0 Å². The van der Waals surface area contributed by atoms with E-state index in [9.17, 15) is 13.6 Å². The lowest BCUT2D eigenvalue weighted by Gasteiger charge is -2.01. The third kappa shape index (κ3) is 14.6. The van der Waals surface area contributed by atoms with Crippen LogP contribution in [0.1, 0.15) is 34.1 Å². The van der Waals surface area contributed by atoms with Gasteiger partial charge in [0, 0.05) is 6.42 Å². The van der Waals surface area contributed by atoms with Crippen LogP contribution in [-0.4, -0.2) is 12.4 Å². The van der Waals surface area contributed by atoms with E-state index >= 15 is 0 Å². The van der Waals surface area contributed by atoms with Gasteiger partial charge in [-0.3, -0.25) is 4.79 Å². The summed E-state index contributed by atoms with van der Waals surface area (Å²) in [6.07, 6.45) is 6.72. The molecule has 0 aliphatic heterocycles. The number of carbonyl (C=O) groups excluding carboxylic acids is 1. The maximum Gasteiger partial charge on any atom is 0.387 e. The van der Waals surface area contributed by atoms with Gasteiger partial charge in [0.05, 0.1) is 0 Å². The van der Waals surface area contributed by atoms with Crippen LogP contribution in [0, 0.1) is 5.92 Å². The summed E-state index contributed by atoms with van der Waals surface area (Å²) in [7, 11) is 0. The number of ketones is 1. The van der Waals surface area contributed by atoms with Gasteiger partial charge in [-0.25, -0.2) is 0 Å². The van der Waals surface area contributed by atoms with Crippen molar-refractivity contribution in [3.8, 4) is 0 Å². The zero-order valence-corrected chi connectivity index (χ0v) is 11.5. The molecule has 0 aromatic carbocycles. The first-order chi connectivity index (χ1) is 8.37. The highest BCUT2D eigenvalue weighted by Crippen LogP contribution is 2.04. The molecule has 0 spiro atoms. The Morgan fingerprint density at radius 2 is 1.89 bits per heavy atom. The van der Waals surface area contributed by atoms with Gasteiger partial charge in [-0.2, -0.15) is 8.78 Å². The highest BCUT2D eigenvalue weighted by Gasteiger charge is 2.01. The Morgan fingerprint density at radius 3 is 2.11 bits per heavy atom. The molecule has 0 radical (unpaired) electrons. The topological polar surface area (TPSA) is 26.3 Å². The lowest BCUT2D eigenvalue weighted by molar-refractivity contribution is -0.115. The van der Waals surface area contributed by atoms with Crippen molar-refractivity contribution in [2.24, 2.45) is 5.92 Å². The third-order valence-corrected chi connectivity index (χ3v) is 1.67. The summed E-state index contributed by atoms with van der Waals surface area (Å²) in [5.41, 5.74) is 0. The Morgan fingerprint density at radius 1 is 1.33 bits per heavy atom. The van der Waals surface area contributed by atoms with Gasteiger partial charge in [0.15, 0.2) is 5.78 Å². The van der Waals surface area contributed by atoms with E-state index in [-0.39, 0.29) is 11.5 Å². The van der Waals surface area contributed by atoms with E-state index in [1.807, 2.05) is 20.8 Å². The van der Waals surface area contributed by atoms with Crippen molar-refractivity contribution in [3.05, 3.63) is 36.6 Å². The van der Waals surface area contributed by atoms with Gasteiger partial charge in [-0.1, -0.05) is 26.5 Å². The van der Waals surface area contributed by atoms with Crippen LogP contribution in [0.4, 0.5) is 8.78 Å². The minimum atomic E-state index is -2.76. The number of ether oxygens (including phenoxy) is 1. The maximum absolute atomic E-state index is 11.3. The van der Waals surface area contributed by atoms with E-state index in [4.69, 9.17) is 0 Å². The molecule has 0 saturated heterocycles. The number of carbonyl (C=O) groups is 1. The molecule has 0 aromatic heterocycles. The van der Waals surface area contributed by atoms with E-state index in [1.54, 1.807) is 19.1 Å². The molecule has 0 amide bonds. The molecule has 104 valence electrons. The fraction of sp³-hybridized carbons (Fsp3) is 0.500. The van der Waals surface area contributed by atoms with Crippen molar-refractivity contribution >= 4 is 5.78 Å². The lowest BCUT2D eigenvalue weighted by atomic mass is 10.1. The Labute approximate surface area is 108 Å². The monoisotopic (exact) mass is 260 g/mol. The Bertz CT molecular complexity index is 292. The Kier molecular flexibility index (Phi) is 12.6. The van der Waals surface area contributed by atoms with Crippen molar-refractivity contribution in [2.75, 3.05) is 0 Å². The smallest absolute Gasteiger partial charge is 0.387 e. The van der Waals surface area contributed by atoms with Gasteiger partial charge >= 0.3 is 6.61 Å². The molecule has 0 saturated carbocycles. The molecule has 0 unspecified atom stereocenters. The summed E-state index contributed by atoms with van der Waals surface area (Å²) >= 11 is 0. The first kappa shape index (κ1) is 18.9. The molecule has 0 N–H and O–H groups in total. The summed E-state index contributed by atoms with van der Waals surface area (Å²) < 4.78 is 26.7. The van der Waals surface area contributed by atoms with Crippen LogP contribution in [0.3, 0.4) is 0 Å². The van der Waals surface area contributed by atoms with E-state index in [1.165, 1.54) is 12.2 Å². The predicted octanol–water partition coefficient (Wildman–Crippen LogP) is 4.49. The predicted molar refractivity (Wildman–Crippen MR) is 70.3 cm³/mol.